The van der Waals surface area contributed by atoms with E-state index in [4.69, 9.17) is 0 Å². The smallest absolute Gasteiger partial charge is 0.190 e. The highest BCUT2D eigenvalue weighted by molar-refractivity contribution is 14.0. The van der Waals surface area contributed by atoms with Gasteiger partial charge in [0.15, 0.2) is 5.96 Å². The molecule has 0 saturated carbocycles. The van der Waals surface area contributed by atoms with Crippen LogP contribution in [0.3, 0.4) is 0 Å². The lowest BCUT2D eigenvalue weighted by Crippen LogP contribution is -2.35. The summed E-state index contributed by atoms with van der Waals surface area (Å²) in [5.74, 6) is 1.49. The van der Waals surface area contributed by atoms with Crippen molar-refractivity contribution in [2.24, 2.45) is 4.99 Å². The highest BCUT2D eigenvalue weighted by Gasteiger charge is 1.96. The Hall–Kier alpha value is -0.500. The number of benzene rings is 1. The van der Waals surface area contributed by atoms with Crippen LogP contribution < -0.4 is 10.6 Å². The van der Waals surface area contributed by atoms with Gasteiger partial charge in [-0.1, -0.05) is 0 Å². The van der Waals surface area contributed by atoms with Gasteiger partial charge in [-0.15, -0.1) is 35.7 Å². The molecule has 0 saturated heterocycles. The lowest BCUT2D eigenvalue weighted by Gasteiger charge is -2.07. The molecule has 0 heterocycles. The fourth-order valence-electron chi connectivity index (χ4n) is 1.15. The minimum atomic E-state index is -0.196. The second kappa shape index (κ2) is 9.52. The Kier molecular flexibility index (Phi) is 9.24. The van der Waals surface area contributed by atoms with Gasteiger partial charge in [0.2, 0.25) is 0 Å². The van der Waals surface area contributed by atoms with Gasteiger partial charge < -0.3 is 10.6 Å². The van der Waals surface area contributed by atoms with E-state index in [1.807, 2.05) is 7.05 Å². The molecule has 0 spiro atoms. The van der Waals surface area contributed by atoms with Crippen molar-refractivity contribution in [3.8, 4) is 0 Å². The number of hydrogen-bond donors (Lipinski definition) is 2. The molecule has 1 rings (SSSR count). The third-order valence-corrected chi connectivity index (χ3v) is 2.95. The molecule has 0 bridgehead atoms. The van der Waals surface area contributed by atoms with Crippen molar-refractivity contribution in [3.05, 3.63) is 30.1 Å². The van der Waals surface area contributed by atoms with Crippen LogP contribution in [0.1, 0.15) is 0 Å². The summed E-state index contributed by atoms with van der Waals surface area (Å²) in [6.07, 6.45) is 0. The summed E-state index contributed by atoms with van der Waals surface area (Å²) in [4.78, 5) is 5.07. The number of aliphatic imine (C=N–C) groups is 1. The molecule has 17 heavy (non-hydrogen) atoms. The molecule has 2 N–H and O–H groups in total. The van der Waals surface area contributed by atoms with Gasteiger partial charge in [0.05, 0.1) is 0 Å². The zero-order valence-electron chi connectivity index (χ0n) is 9.87. The Morgan fingerprint density at radius 2 is 2.00 bits per heavy atom. The van der Waals surface area contributed by atoms with Crippen LogP contribution in [0.4, 0.5) is 4.39 Å². The van der Waals surface area contributed by atoms with Crippen molar-refractivity contribution in [2.45, 2.75) is 4.90 Å². The van der Waals surface area contributed by atoms with Crippen LogP contribution in [-0.4, -0.2) is 32.4 Å². The molecule has 6 heteroatoms. The lowest BCUT2D eigenvalue weighted by atomic mass is 10.4. The predicted octanol–water partition coefficient (Wildman–Crippen LogP) is 2.33. The molecule has 0 radical (unpaired) electrons. The van der Waals surface area contributed by atoms with Gasteiger partial charge in [-0.2, -0.15) is 0 Å². The first-order valence-electron chi connectivity index (χ1n) is 5.03. The molecule has 0 aliphatic carbocycles. The predicted molar refractivity (Wildman–Crippen MR) is 83.0 cm³/mol. The van der Waals surface area contributed by atoms with E-state index in [-0.39, 0.29) is 29.8 Å². The Morgan fingerprint density at radius 1 is 1.35 bits per heavy atom. The molecular formula is C11H17FIN3S. The second-order valence-corrected chi connectivity index (χ2v) is 4.22. The zero-order chi connectivity index (χ0) is 11.8. The molecule has 0 amide bonds. The molecule has 1 aromatic carbocycles. The van der Waals surface area contributed by atoms with Crippen LogP contribution in [0.2, 0.25) is 0 Å². The van der Waals surface area contributed by atoms with E-state index in [1.54, 1.807) is 30.9 Å². The Balaban J connectivity index is 0.00000256. The molecule has 0 aliphatic heterocycles. The second-order valence-electron chi connectivity index (χ2n) is 3.05. The third-order valence-electron chi connectivity index (χ3n) is 1.94. The van der Waals surface area contributed by atoms with E-state index in [1.165, 1.54) is 12.1 Å². The summed E-state index contributed by atoms with van der Waals surface area (Å²) in [7, 11) is 3.55. The maximum Gasteiger partial charge on any atom is 0.190 e. The topological polar surface area (TPSA) is 36.4 Å². The van der Waals surface area contributed by atoms with E-state index in [0.717, 1.165) is 23.2 Å². The molecule has 3 nitrogen and oxygen atoms in total. The van der Waals surface area contributed by atoms with E-state index in [0.29, 0.717) is 0 Å². The first-order chi connectivity index (χ1) is 7.76. The number of rotatable bonds is 4. The maximum absolute atomic E-state index is 12.6. The van der Waals surface area contributed by atoms with Crippen molar-refractivity contribution in [3.63, 3.8) is 0 Å². The standard InChI is InChI=1S/C11H16FN3S.HI/c1-13-11(14-2)15-7-8-16-10-5-3-9(12)4-6-10;/h3-6H,7-8H2,1-2H3,(H2,13,14,15);1H. The zero-order valence-corrected chi connectivity index (χ0v) is 13.0. The monoisotopic (exact) mass is 369 g/mol. The molecular weight excluding hydrogens is 352 g/mol. The molecule has 0 unspecified atom stereocenters. The number of halogens is 2. The van der Waals surface area contributed by atoms with E-state index in [2.05, 4.69) is 15.6 Å². The van der Waals surface area contributed by atoms with Gasteiger partial charge in [0.1, 0.15) is 5.82 Å². The highest BCUT2D eigenvalue weighted by atomic mass is 127. The third kappa shape index (κ3) is 6.72. The average Bonchev–Trinajstić information content (AvgIpc) is 2.32. The van der Waals surface area contributed by atoms with Gasteiger partial charge in [-0.3, -0.25) is 4.99 Å². The van der Waals surface area contributed by atoms with Crippen LogP contribution in [0.25, 0.3) is 0 Å². The molecule has 96 valence electrons. The summed E-state index contributed by atoms with van der Waals surface area (Å²) in [6, 6.07) is 6.52. The SMILES string of the molecule is CN=C(NC)NCCSc1ccc(F)cc1.I. The summed E-state index contributed by atoms with van der Waals surface area (Å²) < 4.78 is 12.6. The average molecular weight is 369 g/mol. The number of nitrogens with zero attached hydrogens (tertiary/aromatic N) is 1. The lowest BCUT2D eigenvalue weighted by molar-refractivity contribution is 0.626. The van der Waals surface area contributed by atoms with Gasteiger partial charge in [0.25, 0.3) is 0 Å². The number of guanidine groups is 1. The minimum absolute atomic E-state index is 0. The fourth-order valence-corrected chi connectivity index (χ4v) is 1.92. The van der Waals surface area contributed by atoms with Crippen molar-refractivity contribution >= 4 is 41.7 Å². The highest BCUT2D eigenvalue weighted by Crippen LogP contribution is 2.16. The fraction of sp³-hybridized carbons (Fsp3) is 0.364. The largest absolute Gasteiger partial charge is 0.359 e. The van der Waals surface area contributed by atoms with Crippen LogP contribution in [0.5, 0.6) is 0 Å². The van der Waals surface area contributed by atoms with E-state index < -0.39 is 0 Å². The summed E-state index contributed by atoms with van der Waals surface area (Å²) in [5, 5.41) is 6.08. The van der Waals surface area contributed by atoms with Crippen molar-refractivity contribution in [1.82, 2.24) is 10.6 Å². The molecule has 0 aliphatic rings. The summed E-state index contributed by atoms with van der Waals surface area (Å²) >= 11 is 1.68. The minimum Gasteiger partial charge on any atom is -0.359 e. The van der Waals surface area contributed by atoms with Crippen molar-refractivity contribution in [2.75, 3.05) is 26.4 Å². The molecule has 0 fully saturated rings. The summed E-state index contributed by atoms with van der Waals surface area (Å²) in [6.45, 7) is 0.815. The van der Waals surface area contributed by atoms with Gasteiger partial charge in [0, 0.05) is 31.3 Å². The van der Waals surface area contributed by atoms with Crippen LogP contribution in [0.15, 0.2) is 34.2 Å². The molecule has 0 aromatic heterocycles. The van der Waals surface area contributed by atoms with E-state index in [9.17, 15) is 4.39 Å². The number of thioether (sulfide) groups is 1. The number of hydrogen-bond acceptors (Lipinski definition) is 2. The first-order valence-corrected chi connectivity index (χ1v) is 6.01. The van der Waals surface area contributed by atoms with Gasteiger partial charge in [-0.25, -0.2) is 4.39 Å². The Morgan fingerprint density at radius 3 is 2.53 bits per heavy atom. The van der Waals surface area contributed by atoms with Crippen molar-refractivity contribution in [1.29, 1.82) is 0 Å². The first kappa shape index (κ1) is 16.5. The van der Waals surface area contributed by atoms with Gasteiger partial charge >= 0.3 is 0 Å². The molecule has 0 atom stereocenters. The van der Waals surface area contributed by atoms with Crippen LogP contribution in [-0.2, 0) is 0 Å². The van der Waals surface area contributed by atoms with Gasteiger partial charge in [-0.05, 0) is 24.3 Å². The van der Waals surface area contributed by atoms with Crippen LogP contribution in [0, 0.1) is 5.82 Å². The Bertz CT molecular complexity index is 343. The Labute approximate surface area is 123 Å². The van der Waals surface area contributed by atoms with E-state index >= 15 is 0 Å². The quantitative estimate of drug-likeness (QED) is 0.281. The maximum atomic E-state index is 12.6. The van der Waals surface area contributed by atoms with Crippen LogP contribution >= 0.6 is 35.7 Å². The number of nitrogens with one attached hydrogen (secondary N) is 2. The van der Waals surface area contributed by atoms with Crippen molar-refractivity contribution < 1.29 is 4.39 Å². The normalized spacial score (nSPS) is 10.6. The summed E-state index contributed by atoms with van der Waals surface area (Å²) in [5.41, 5.74) is 0. The molecule has 1 aromatic rings.